The molecule has 0 aliphatic rings. The predicted octanol–water partition coefficient (Wildman–Crippen LogP) is 2.40. The first-order valence-electron chi connectivity index (χ1n) is 5.78. The number of hydrogen-bond donors (Lipinski definition) is 2. The average Bonchev–Trinajstić information content (AvgIpc) is 2.24. The predicted molar refractivity (Wildman–Crippen MR) is 75.4 cm³/mol. The van der Waals surface area contributed by atoms with Crippen molar-refractivity contribution in [1.82, 2.24) is 0 Å². The van der Waals surface area contributed by atoms with Gasteiger partial charge in [0.15, 0.2) is 0 Å². The van der Waals surface area contributed by atoms with Gasteiger partial charge in [-0.15, -0.1) is 0 Å². The zero-order chi connectivity index (χ0) is 12.7. The molecule has 1 amide bonds. The van der Waals surface area contributed by atoms with Crippen LogP contribution in [0.15, 0.2) is 24.3 Å². The molecule has 4 heteroatoms. The highest BCUT2D eigenvalue weighted by atomic mass is 32.2. The molecule has 1 rings (SSSR count). The molecule has 1 aromatic carbocycles. The second-order valence-corrected chi connectivity index (χ2v) is 5.34. The number of carbonyl (C=O) groups is 1. The van der Waals surface area contributed by atoms with Crippen molar-refractivity contribution in [3.05, 3.63) is 29.8 Å². The average molecular weight is 252 g/mol. The fraction of sp³-hybridized carbons (Fsp3) is 0.462. The lowest BCUT2D eigenvalue weighted by Crippen LogP contribution is -2.17. The van der Waals surface area contributed by atoms with E-state index in [-0.39, 0.29) is 11.9 Å². The molecular weight excluding hydrogens is 232 g/mol. The van der Waals surface area contributed by atoms with Crippen molar-refractivity contribution in [2.24, 2.45) is 5.73 Å². The number of nitrogens with one attached hydrogen (secondary N) is 1. The number of anilines is 1. The smallest absolute Gasteiger partial charge is 0.234 e. The summed E-state index contributed by atoms with van der Waals surface area (Å²) in [4.78, 5) is 11.6. The number of thioether (sulfide) groups is 1. The molecule has 0 saturated heterocycles. The Labute approximate surface area is 107 Å². The molecule has 0 spiro atoms. The summed E-state index contributed by atoms with van der Waals surface area (Å²) in [5.74, 6) is 1.46. The lowest BCUT2D eigenvalue weighted by Gasteiger charge is -2.06. The molecule has 0 heterocycles. The molecule has 3 N–H and O–H groups in total. The molecule has 1 atom stereocenters. The van der Waals surface area contributed by atoms with E-state index in [4.69, 9.17) is 5.73 Å². The van der Waals surface area contributed by atoms with Gasteiger partial charge >= 0.3 is 0 Å². The highest BCUT2D eigenvalue weighted by molar-refractivity contribution is 7.99. The summed E-state index contributed by atoms with van der Waals surface area (Å²) in [5, 5.41) is 2.88. The van der Waals surface area contributed by atoms with Gasteiger partial charge in [0, 0.05) is 11.7 Å². The molecule has 0 fully saturated rings. The Morgan fingerprint density at radius 3 is 2.94 bits per heavy atom. The lowest BCUT2D eigenvalue weighted by atomic mass is 10.2. The van der Waals surface area contributed by atoms with Crippen molar-refractivity contribution >= 4 is 23.4 Å². The number of hydrogen-bond acceptors (Lipinski definition) is 3. The van der Waals surface area contributed by atoms with Crippen LogP contribution in [0.4, 0.5) is 5.69 Å². The van der Waals surface area contributed by atoms with Crippen LogP contribution in [0.2, 0.25) is 0 Å². The zero-order valence-corrected chi connectivity index (χ0v) is 11.2. The molecule has 3 nitrogen and oxygen atoms in total. The van der Waals surface area contributed by atoms with Crippen LogP contribution in [0, 0.1) is 6.92 Å². The monoisotopic (exact) mass is 252 g/mol. The Bertz CT molecular complexity index is 366. The Hall–Kier alpha value is -1.00. The minimum atomic E-state index is 0.0466. The van der Waals surface area contributed by atoms with Gasteiger partial charge in [-0.2, -0.15) is 11.8 Å². The van der Waals surface area contributed by atoms with Crippen molar-refractivity contribution in [2.75, 3.05) is 16.8 Å². The first-order valence-corrected chi connectivity index (χ1v) is 6.93. The van der Waals surface area contributed by atoms with Crippen molar-refractivity contribution in [1.29, 1.82) is 0 Å². The van der Waals surface area contributed by atoms with Gasteiger partial charge < -0.3 is 11.1 Å². The zero-order valence-electron chi connectivity index (χ0n) is 10.4. The van der Waals surface area contributed by atoms with E-state index in [0.717, 1.165) is 23.4 Å². The molecule has 17 heavy (non-hydrogen) atoms. The van der Waals surface area contributed by atoms with Gasteiger partial charge in [0.2, 0.25) is 5.91 Å². The van der Waals surface area contributed by atoms with Crippen LogP contribution >= 0.6 is 11.8 Å². The van der Waals surface area contributed by atoms with E-state index < -0.39 is 0 Å². The van der Waals surface area contributed by atoms with Crippen LogP contribution in [0.25, 0.3) is 0 Å². The number of aryl methyl sites for hydroxylation is 1. The fourth-order valence-electron chi connectivity index (χ4n) is 1.35. The Balaban J connectivity index is 2.25. The molecule has 1 aromatic rings. The highest BCUT2D eigenvalue weighted by Gasteiger charge is 2.03. The Kier molecular flexibility index (Phi) is 6.08. The van der Waals surface area contributed by atoms with Crippen LogP contribution in [0.1, 0.15) is 18.9 Å². The van der Waals surface area contributed by atoms with Gasteiger partial charge in [0.1, 0.15) is 0 Å². The SMILES string of the molecule is Cc1cccc(NC(=O)CSCCC(C)N)c1. The highest BCUT2D eigenvalue weighted by Crippen LogP contribution is 2.11. The Morgan fingerprint density at radius 1 is 1.53 bits per heavy atom. The van der Waals surface area contributed by atoms with E-state index in [2.05, 4.69) is 5.32 Å². The van der Waals surface area contributed by atoms with Crippen molar-refractivity contribution in [3.63, 3.8) is 0 Å². The molecule has 0 aromatic heterocycles. The van der Waals surface area contributed by atoms with Crippen LogP contribution in [0.3, 0.4) is 0 Å². The van der Waals surface area contributed by atoms with E-state index in [1.54, 1.807) is 11.8 Å². The second-order valence-electron chi connectivity index (χ2n) is 4.24. The summed E-state index contributed by atoms with van der Waals surface area (Å²) in [6.45, 7) is 3.99. The lowest BCUT2D eigenvalue weighted by molar-refractivity contribution is -0.113. The molecule has 0 saturated carbocycles. The van der Waals surface area contributed by atoms with E-state index in [0.29, 0.717) is 5.75 Å². The summed E-state index contributed by atoms with van der Waals surface area (Å²) in [6.07, 6.45) is 0.947. The number of carbonyl (C=O) groups excluding carboxylic acids is 1. The van der Waals surface area contributed by atoms with Gasteiger partial charge in [-0.1, -0.05) is 12.1 Å². The Morgan fingerprint density at radius 2 is 2.29 bits per heavy atom. The van der Waals surface area contributed by atoms with E-state index in [9.17, 15) is 4.79 Å². The third kappa shape index (κ3) is 6.34. The molecule has 0 bridgehead atoms. The normalized spacial score (nSPS) is 12.2. The van der Waals surface area contributed by atoms with Crippen LogP contribution in [0.5, 0.6) is 0 Å². The van der Waals surface area contributed by atoms with Gasteiger partial charge in [-0.3, -0.25) is 4.79 Å². The maximum Gasteiger partial charge on any atom is 0.234 e. The maximum absolute atomic E-state index is 11.6. The first-order chi connectivity index (χ1) is 8.08. The summed E-state index contributed by atoms with van der Waals surface area (Å²) in [7, 11) is 0. The topological polar surface area (TPSA) is 55.1 Å². The number of amides is 1. The molecule has 0 radical (unpaired) electrons. The van der Waals surface area contributed by atoms with Gasteiger partial charge in [0.05, 0.1) is 5.75 Å². The summed E-state index contributed by atoms with van der Waals surface area (Å²) >= 11 is 1.62. The molecule has 0 aliphatic carbocycles. The number of nitrogens with two attached hydrogens (primary N) is 1. The van der Waals surface area contributed by atoms with Gasteiger partial charge in [-0.25, -0.2) is 0 Å². The largest absolute Gasteiger partial charge is 0.328 e. The summed E-state index contributed by atoms with van der Waals surface area (Å²) < 4.78 is 0. The summed E-state index contributed by atoms with van der Waals surface area (Å²) in [6, 6.07) is 8.02. The van der Waals surface area contributed by atoms with Crippen LogP contribution in [-0.2, 0) is 4.79 Å². The fourth-order valence-corrected chi connectivity index (χ4v) is 2.29. The van der Waals surface area contributed by atoms with Crippen molar-refractivity contribution in [3.8, 4) is 0 Å². The number of rotatable bonds is 6. The van der Waals surface area contributed by atoms with Gasteiger partial charge in [0.25, 0.3) is 0 Å². The second kappa shape index (κ2) is 7.35. The van der Waals surface area contributed by atoms with Crippen LogP contribution in [-0.4, -0.2) is 23.5 Å². The standard InChI is InChI=1S/C13H20N2OS/c1-10-4-3-5-12(8-10)15-13(16)9-17-7-6-11(2)14/h3-5,8,11H,6-7,9,14H2,1-2H3,(H,15,16). The van der Waals surface area contributed by atoms with Gasteiger partial charge in [-0.05, 0) is 43.7 Å². The van der Waals surface area contributed by atoms with E-state index in [1.807, 2.05) is 38.1 Å². The third-order valence-electron chi connectivity index (χ3n) is 2.25. The number of benzene rings is 1. The molecule has 0 aliphatic heterocycles. The minimum absolute atomic E-state index is 0.0466. The molecule has 94 valence electrons. The summed E-state index contributed by atoms with van der Waals surface area (Å²) in [5.41, 5.74) is 7.65. The third-order valence-corrected chi connectivity index (χ3v) is 3.24. The maximum atomic E-state index is 11.6. The van der Waals surface area contributed by atoms with E-state index in [1.165, 1.54) is 0 Å². The minimum Gasteiger partial charge on any atom is -0.328 e. The van der Waals surface area contributed by atoms with E-state index >= 15 is 0 Å². The van der Waals surface area contributed by atoms with Crippen LogP contribution < -0.4 is 11.1 Å². The quantitative estimate of drug-likeness (QED) is 0.764. The molecule has 1 unspecified atom stereocenters. The van der Waals surface area contributed by atoms with Crippen molar-refractivity contribution in [2.45, 2.75) is 26.3 Å². The first kappa shape index (κ1) is 14.1. The van der Waals surface area contributed by atoms with Crippen molar-refractivity contribution < 1.29 is 4.79 Å². The molecular formula is C13H20N2OS.